The van der Waals surface area contributed by atoms with Gasteiger partial charge in [0.2, 0.25) is 0 Å². The lowest BCUT2D eigenvalue weighted by molar-refractivity contribution is -0.140. The first-order valence-electron chi connectivity index (χ1n) is 5.68. The van der Waals surface area contributed by atoms with Crippen LogP contribution in [0.3, 0.4) is 0 Å². The van der Waals surface area contributed by atoms with Gasteiger partial charge in [0.1, 0.15) is 5.82 Å². The molecule has 0 saturated carbocycles. The van der Waals surface area contributed by atoms with Crippen molar-refractivity contribution in [3.8, 4) is 0 Å². The second kappa shape index (κ2) is 6.15. The van der Waals surface area contributed by atoms with Gasteiger partial charge in [-0.05, 0) is 37.1 Å². The minimum atomic E-state index is -4.70. The van der Waals surface area contributed by atoms with Gasteiger partial charge in [-0.25, -0.2) is 4.39 Å². The number of hydrogen-bond acceptors (Lipinski definition) is 2. The van der Waals surface area contributed by atoms with Gasteiger partial charge in [0.05, 0.1) is 5.56 Å². The van der Waals surface area contributed by atoms with E-state index in [0.29, 0.717) is 18.5 Å². The predicted molar refractivity (Wildman–Crippen MR) is 61.2 cm³/mol. The van der Waals surface area contributed by atoms with Gasteiger partial charge < -0.3 is 11.5 Å². The smallest absolute Gasteiger partial charge is 0.330 e. The van der Waals surface area contributed by atoms with Crippen LogP contribution < -0.4 is 11.5 Å². The van der Waals surface area contributed by atoms with E-state index < -0.39 is 23.6 Å². The molecule has 4 N–H and O–H groups in total. The molecule has 18 heavy (non-hydrogen) atoms. The topological polar surface area (TPSA) is 52.0 Å². The number of halogens is 4. The van der Waals surface area contributed by atoms with E-state index in [0.717, 1.165) is 25.0 Å². The standard InChI is InChI=1S/C12H16F4N2/c13-10-5-4-8(7-9(10)12(14,15)16)11(18)3-1-2-6-17/h4-5,7,11H,1-3,6,17-18H2/t11-/m0/s1. The van der Waals surface area contributed by atoms with Crippen LogP contribution in [0.2, 0.25) is 0 Å². The Labute approximate surface area is 103 Å². The zero-order chi connectivity index (χ0) is 13.8. The van der Waals surface area contributed by atoms with Crippen molar-refractivity contribution in [1.29, 1.82) is 0 Å². The molecule has 0 aliphatic carbocycles. The van der Waals surface area contributed by atoms with Crippen molar-refractivity contribution in [3.05, 3.63) is 35.1 Å². The minimum Gasteiger partial charge on any atom is -0.330 e. The highest BCUT2D eigenvalue weighted by Crippen LogP contribution is 2.33. The van der Waals surface area contributed by atoms with Crippen molar-refractivity contribution in [2.75, 3.05) is 6.54 Å². The summed E-state index contributed by atoms with van der Waals surface area (Å²) in [5, 5.41) is 0. The van der Waals surface area contributed by atoms with Gasteiger partial charge in [-0.15, -0.1) is 0 Å². The summed E-state index contributed by atoms with van der Waals surface area (Å²) in [6.45, 7) is 0.518. The molecule has 0 saturated heterocycles. The molecule has 102 valence electrons. The highest BCUT2D eigenvalue weighted by molar-refractivity contribution is 5.29. The second-order valence-electron chi connectivity index (χ2n) is 4.13. The summed E-state index contributed by atoms with van der Waals surface area (Å²) in [5.74, 6) is -1.28. The Kier molecular flexibility index (Phi) is 5.10. The van der Waals surface area contributed by atoms with Gasteiger partial charge in [-0.1, -0.05) is 12.5 Å². The zero-order valence-electron chi connectivity index (χ0n) is 9.80. The number of unbranched alkanes of at least 4 members (excludes halogenated alkanes) is 1. The van der Waals surface area contributed by atoms with Crippen molar-refractivity contribution < 1.29 is 17.6 Å². The third kappa shape index (κ3) is 3.96. The van der Waals surface area contributed by atoms with E-state index in [1.165, 1.54) is 6.07 Å². The first kappa shape index (κ1) is 14.9. The van der Waals surface area contributed by atoms with Crippen LogP contribution in [0.5, 0.6) is 0 Å². The molecule has 6 heteroatoms. The molecular weight excluding hydrogens is 248 g/mol. The maximum absolute atomic E-state index is 13.1. The van der Waals surface area contributed by atoms with Gasteiger partial charge in [0, 0.05) is 6.04 Å². The van der Waals surface area contributed by atoms with Gasteiger partial charge >= 0.3 is 6.18 Å². The molecule has 0 fully saturated rings. The Balaban J connectivity index is 2.84. The van der Waals surface area contributed by atoms with Crippen LogP contribution in [0.4, 0.5) is 17.6 Å². The molecule has 0 aromatic heterocycles. The number of rotatable bonds is 5. The van der Waals surface area contributed by atoms with Crippen molar-refractivity contribution >= 4 is 0 Å². The third-order valence-electron chi connectivity index (χ3n) is 2.69. The van der Waals surface area contributed by atoms with Crippen molar-refractivity contribution in [2.24, 2.45) is 11.5 Å². The summed E-state index contributed by atoms with van der Waals surface area (Å²) in [7, 11) is 0. The van der Waals surface area contributed by atoms with Crippen LogP contribution in [-0.2, 0) is 6.18 Å². The molecule has 1 atom stereocenters. The van der Waals surface area contributed by atoms with Gasteiger partial charge in [-0.2, -0.15) is 13.2 Å². The number of hydrogen-bond donors (Lipinski definition) is 2. The van der Waals surface area contributed by atoms with E-state index in [1.54, 1.807) is 0 Å². The van der Waals surface area contributed by atoms with Crippen LogP contribution >= 0.6 is 0 Å². The van der Waals surface area contributed by atoms with Gasteiger partial charge in [-0.3, -0.25) is 0 Å². The maximum atomic E-state index is 13.1. The van der Waals surface area contributed by atoms with Crippen molar-refractivity contribution in [2.45, 2.75) is 31.5 Å². The highest BCUT2D eigenvalue weighted by atomic mass is 19.4. The lowest BCUT2D eigenvalue weighted by atomic mass is 9.99. The largest absolute Gasteiger partial charge is 0.419 e. The third-order valence-corrected chi connectivity index (χ3v) is 2.69. The molecule has 1 aromatic carbocycles. The lowest BCUT2D eigenvalue weighted by Gasteiger charge is -2.15. The summed E-state index contributed by atoms with van der Waals surface area (Å²) in [5.41, 5.74) is 10.1. The van der Waals surface area contributed by atoms with Crippen LogP contribution in [0.1, 0.15) is 36.4 Å². The summed E-state index contributed by atoms with van der Waals surface area (Å²) in [6.07, 6.45) is -2.67. The summed E-state index contributed by atoms with van der Waals surface area (Å²) in [4.78, 5) is 0. The van der Waals surface area contributed by atoms with Crippen molar-refractivity contribution in [3.63, 3.8) is 0 Å². The fourth-order valence-corrected chi connectivity index (χ4v) is 1.67. The Morgan fingerprint density at radius 1 is 1.17 bits per heavy atom. The van der Waals surface area contributed by atoms with Gasteiger partial charge in [0.15, 0.2) is 0 Å². The lowest BCUT2D eigenvalue weighted by Crippen LogP contribution is -2.14. The SMILES string of the molecule is NCCCC[C@H](N)c1ccc(F)c(C(F)(F)F)c1. The van der Waals surface area contributed by atoms with E-state index in [1.807, 2.05) is 0 Å². The van der Waals surface area contributed by atoms with Crippen LogP contribution in [0.25, 0.3) is 0 Å². The minimum absolute atomic E-state index is 0.292. The summed E-state index contributed by atoms with van der Waals surface area (Å²) < 4.78 is 50.6. The van der Waals surface area contributed by atoms with E-state index in [2.05, 4.69) is 0 Å². The van der Waals surface area contributed by atoms with Crippen LogP contribution in [0, 0.1) is 5.82 Å². The average Bonchev–Trinajstić information content (AvgIpc) is 2.28. The first-order chi connectivity index (χ1) is 8.36. The number of benzene rings is 1. The molecule has 0 unspecified atom stereocenters. The van der Waals surface area contributed by atoms with Crippen LogP contribution in [0.15, 0.2) is 18.2 Å². The maximum Gasteiger partial charge on any atom is 0.419 e. The number of alkyl halides is 3. The second-order valence-corrected chi connectivity index (χ2v) is 4.13. The average molecular weight is 264 g/mol. The quantitative estimate of drug-likeness (QED) is 0.634. The molecule has 1 rings (SSSR count). The Morgan fingerprint density at radius 3 is 2.39 bits per heavy atom. The van der Waals surface area contributed by atoms with E-state index in [4.69, 9.17) is 11.5 Å². The molecule has 2 nitrogen and oxygen atoms in total. The van der Waals surface area contributed by atoms with Crippen molar-refractivity contribution in [1.82, 2.24) is 0 Å². The molecule has 0 aliphatic rings. The fourth-order valence-electron chi connectivity index (χ4n) is 1.67. The monoisotopic (exact) mass is 264 g/mol. The molecule has 1 aromatic rings. The summed E-state index contributed by atoms with van der Waals surface area (Å²) in [6, 6.07) is 2.35. The molecule has 0 radical (unpaired) electrons. The zero-order valence-corrected chi connectivity index (χ0v) is 9.80. The van der Waals surface area contributed by atoms with E-state index in [9.17, 15) is 17.6 Å². The Morgan fingerprint density at radius 2 is 1.83 bits per heavy atom. The van der Waals surface area contributed by atoms with Gasteiger partial charge in [0.25, 0.3) is 0 Å². The highest BCUT2D eigenvalue weighted by Gasteiger charge is 2.34. The fraction of sp³-hybridized carbons (Fsp3) is 0.500. The summed E-state index contributed by atoms with van der Waals surface area (Å²) >= 11 is 0. The predicted octanol–water partition coefficient (Wildman–Crippen LogP) is 2.97. The molecule has 0 bridgehead atoms. The first-order valence-corrected chi connectivity index (χ1v) is 5.68. The Bertz CT molecular complexity index is 390. The normalized spacial score (nSPS) is 13.7. The molecule has 0 amide bonds. The van der Waals surface area contributed by atoms with Crippen LogP contribution in [-0.4, -0.2) is 6.54 Å². The molecular formula is C12H16F4N2. The van der Waals surface area contributed by atoms with E-state index >= 15 is 0 Å². The molecule has 0 heterocycles. The van der Waals surface area contributed by atoms with E-state index in [-0.39, 0.29) is 0 Å². The molecule has 0 aliphatic heterocycles. The molecule has 0 spiro atoms. The number of nitrogens with two attached hydrogens (primary N) is 2. The Hall–Kier alpha value is -1.14.